The summed E-state index contributed by atoms with van der Waals surface area (Å²) in [5.74, 6) is -0.254. The summed E-state index contributed by atoms with van der Waals surface area (Å²) in [5.41, 5.74) is 4.52. The topological polar surface area (TPSA) is 29.5 Å². The van der Waals surface area contributed by atoms with Crippen LogP contribution in [0.2, 0.25) is 0 Å². The molecule has 0 spiro atoms. The van der Waals surface area contributed by atoms with Crippen molar-refractivity contribution in [1.82, 2.24) is 4.90 Å². The predicted molar refractivity (Wildman–Crippen MR) is 96.7 cm³/mol. The molecule has 0 unspecified atom stereocenters. The number of carbonyl (C=O) groups is 1. The fraction of sp³-hybridized carbons (Fsp3) is 0.286. The van der Waals surface area contributed by atoms with Crippen LogP contribution in [-0.2, 0) is 11.3 Å². The maximum Gasteiger partial charge on any atom is 0.338 e. The first kappa shape index (κ1) is 16.5. The van der Waals surface area contributed by atoms with Crippen LogP contribution >= 0.6 is 0 Å². The van der Waals surface area contributed by atoms with Gasteiger partial charge in [0.1, 0.15) is 0 Å². The minimum atomic E-state index is -0.254. The van der Waals surface area contributed by atoms with Gasteiger partial charge in [0.25, 0.3) is 0 Å². The molecule has 0 fully saturated rings. The minimum absolute atomic E-state index is 0.254. The summed E-state index contributed by atoms with van der Waals surface area (Å²) in [4.78, 5) is 14.2. The molecule has 0 radical (unpaired) electrons. The van der Waals surface area contributed by atoms with E-state index in [0.717, 1.165) is 26.1 Å². The molecular weight excluding hydrogens is 298 g/mol. The second-order valence-corrected chi connectivity index (χ2v) is 6.00. The van der Waals surface area contributed by atoms with E-state index in [9.17, 15) is 4.79 Å². The van der Waals surface area contributed by atoms with E-state index in [1.165, 1.54) is 16.7 Å². The first-order chi connectivity index (χ1) is 11.8. The number of carbonyl (C=O) groups excluding carboxylic acids is 1. The number of esters is 1. The van der Waals surface area contributed by atoms with Gasteiger partial charge in [-0.2, -0.15) is 0 Å². The van der Waals surface area contributed by atoms with Gasteiger partial charge in [-0.25, -0.2) is 4.79 Å². The van der Waals surface area contributed by atoms with Gasteiger partial charge in [-0.3, -0.25) is 4.90 Å². The molecule has 0 amide bonds. The van der Waals surface area contributed by atoms with E-state index < -0.39 is 0 Å². The Hall–Kier alpha value is -2.39. The highest BCUT2D eigenvalue weighted by atomic mass is 16.5. The van der Waals surface area contributed by atoms with Gasteiger partial charge in [-0.05, 0) is 42.2 Å². The van der Waals surface area contributed by atoms with Crippen LogP contribution in [0, 0.1) is 0 Å². The van der Waals surface area contributed by atoms with Gasteiger partial charge in [-0.1, -0.05) is 48.5 Å². The van der Waals surface area contributed by atoms with Gasteiger partial charge in [-0.15, -0.1) is 0 Å². The maximum absolute atomic E-state index is 11.7. The third-order valence-corrected chi connectivity index (χ3v) is 4.31. The van der Waals surface area contributed by atoms with Crippen LogP contribution in [-0.4, -0.2) is 30.6 Å². The van der Waals surface area contributed by atoms with Gasteiger partial charge in [0.05, 0.1) is 12.2 Å². The van der Waals surface area contributed by atoms with Crippen LogP contribution in [0.1, 0.15) is 34.8 Å². The van der Waals surface area contributed by atoms with E-state index in [2.05, 4.69) is 41.3 Å². The number of hydrogen-bond donors (Lipinski definition) is 0. The van der Waals surface area contributed by atoms with E-state index in [1.807, 2.05) is 31.2 Å². The van der Waals surface area contributed by atoms with Crippen molar-refractivity contribution in [2.45, 2.75) is 19.9 Å². The molecule has 0 aliphatic carbocycles. The van der Waals surface area contributed by atoms with Gasteiger partial charge >= 0.3 is 5.97 Å². The Bertz CT molecular complexity index is 704. The van der Waals surface area contributed by atoms with E-state index in [4.69, 9.17) is 4.74 Å². The van der Waals surface area contributed by atoms with Crippen LogP contribution in [0.5, 0.6) is 0 Å². The Morgan fingerprint density at radius 1 is 1.08 bits per heavy atom. The molecule has 1 heterocycles. The first-order valence-corrected chi connectivity index (χ1v) is 8.49. The van der Waals surface area contributed by atoms with Crippen molar-refractivity contribution in [3.63, 3.8) is 0 Å². The lowest BCUT2D eigenvalue weighted by Crippen LogP contribution is -2.27. The van der Waals surface area contributed by atoms with Crippen LogP contribution in [0.15, 0.2) is 60.7 Å². The summed E-state index contributed by atoms with van der Waals surface area (Å²) in [6, 6.07) is 18.3. The quantitative estimate of drug-likeness (QED) is 0.775. The lowest BCUT2D eigenvalue weighted by molar-refractivity contribution is 0.0526. The number of nitrogens with zero attached hydrogens (tertiary/aromatic N) is 1. The van der Waals surface area contributed by atoms with Gasteiger partial charge in [0, 0.05) is 19.6 Å². The summed E-state index contributed by atoms with van der Waals surface area (Å²) in [7, 11) is 0. The molecule has 1 aliphatic rings. The Morgan fingerprint density at radius 2 is 1.83 bits per heavy atom. The van der Waals surface area contributed by atoms with Crippen molar-refractivity contribution in [2.75, 3.05) is 19.7 Å². The standard InChI is InChI=1S/C21H23NO2/c1-2-24-21(23)20-10-8-18(9-11-20)19-12-14-22(15-13-19)16-17-6-4-3-5-7-17/h3-12H,2,13-16H2,1H3. The molecule has 0 bridgehead atoms. The van der Waals surface area contributed by atoms with Crippen LogP contribution in [0.4, 0.5) is 0 Å². The Labute approximate surface area is 143 Å². The SMILES string of the molecule is CCOC(=O)c1ccc(C2=CCN(Cc3ccccc3)CC2)cc1. The van der Waals surface area contributed by atoms with Crippen molar-refractivity contribution in [3.8, 4) is 0 Å². The zero-order valence-electron chi connectivity index (χ0n) is 14.1. The first-order valence-electron chi connectivity index (χ1n) is 8.49. The zero-order valence-corrected chi connectivity index (χ0v) is 14.1. The number of benzene rings is 2. The van der Waals surface area contributed by atoms with Crippen molar-refractivity contribution in [1.29, 1.82) is 0 Å². The molecule has 0 saturated heterocycles. The molecule has 2 aromatic rings. The van der Waals surface area contributed by atoms with Gasteiger partial charge in [0.15, 0.2) is 0 Å². The highest BCUT2D eigenvalue weighted by Gasteiger charge is 2.14. The number of rotatable bonds is 5. The van der Waals surface area contributed by atoms with Crippen molar-refractivity contribution in [2.24, 2.45) is 0 Å². The fourth-order valence-electron chi connectivity index (χ4n) is 2.99. The van der Waals surface area contributed by atoms with Gasteiger partial charge in [0.2, 0.25) is 0 Å². The second kappa shape index (κ2) is 7.93. The summed E-state index contributed by atoms with van der Waals surface area (Å²) >= 11 is 0. The third-order valence-electron chi connectivity index (χ3n) is 4.31. The summed E-state index contributed by atoms with van der Waals surface area (Å²) in [6.07, 6.45) is 3.33. The number of ether oxygens (including phenoxy) is 1. The normalized spacial score (nSPS) is 15.0. The highest BCUT2D eigenvalue weighted by Crippen LogP contribution is 2.23. The summed E-state index contributed by atoms with van der Waals surface area (Å²) < 4.78 is 5.02. The Balaban J connectivity index is 1.61. The van der Waals surface area contributed by atoms with Crippen LogP contribution in [0.3, 0.4) is 0 Å². The van der Waals surface area contributed by atoms with Crippen molar-refractivity contribution < 1.29 is 9.53 Å². The summed E-state index contributed by atoms with van der Waals surface area (Å²) in [6.45, 7) is 5.24. The molecule has 0 saturated carbocycles. The lowest BCUT2D eigenvalue weighted by atomic mass is 9.98. The van der Waals surface area contributed by atoms with Crippen molar-refractivity contribution in [3.05, 3.63) is 77.4 Å². The lowest BCUT2D eigenvalue weighted by Gasteiger charge is -2.26. The maximum atomic E-state index is 11.7. The largest absolute Gasteiger partial charge is 0.462 e. The molecule has 2 aromatic carbocycles. The molecular formula is C21H23NO2. The molecule has 0 atom stereocenters. The average Bonchev–Trinajstić information content (AvgIpc) is 2.64. The fourth-order valence-corrected chi connectivity index (χ4v) is 2.99. The highest BCUT2D eigenvalue weighted by molar-refractivity contribution is 5.89. The van der Waals surface area contributed by atoms with E-state index in [0.29, 0.717) is 12.2 Å². The molecule has 0 aromatic heterocycles. The molecule has 124 valence electrons. The van der Waals surface area contributed by atoms with E-state index in [1.54, 1.807) is 0 Å². The molecule has 1 aliphatic heterocycles. The summed E-state index contributed by atoms with van der Waals surface area (Å²) in [5, 5.41) is 0. The average molecular weight is 321 g/mol. The number of hydrogen-bond acceptors (Lipinski definition) is 3. The Morgan fingerprint density at radius 3 is 2.46 bits per heavy atom. The molecule has 3 nitrogen and oxygen atoms in total. The van der Waals surface area contributed by atoms with E-state index in [-0.39, 0.29) is 5.97 Å². The predicted octanol–water partition coefficient (Wildman–Crippen LogP) is 4.15. The Kier molecular flexibility index (Phi) is 5.44. The van der Waals surface area contributed by atoms with Crippen LogP contribution in [0.25, 0.3) is 5.57 Å². The monoisotopic (exact) mass is 321 g/mol. The third kappa shape index (κ3) is 4.12. The second-order valence-electron chi connectivity index (χ2n) is 6.00. The molecule has 24 heavy (non-hydrogen) atoms. The minimum Gasteiger partial charge on any atom is -0.462 e. The zero-order chi connectivity index (χ0) is 16.8. The smallest absolute Gasteiger partial charge is 0.338 e. The molecule has 0 N–H and O–H groups in total. The van der Waals surface area contributed by atoms with Crippen molar-refractivity contribution >= 4 is 11.5 Å². The molecule has 3 rings (SSSR count). The van der Waals surface area contributed by atoms with E-state index >= 15 is 0 Å². The van der Waals surface area contributed by atoms with Gasteiger partial charge < -0.3 is 4.74 Å². The van der Waals surface area contributed by atoms with Crippen LogP contribution < -0.4 is 0 Å². The molecule has 3 heteroatoms.